The second-order valence-electron chi connectivity index (χ2n) is 5.21. The summed E-state index contributed by atoms with van der Waals surface area (Å²) < 4.78 is 10.9. The summed E-state index contributed by atoms with van der Waals surface area (Å²) in [5.74, 6) is 0.146. The first-order valence-corrected chi connectivity index (χ1v) is 7.86. The van der Waals surface area contributed by atoms with Crippen molar-refractivity contribution in [2.45, 2.75) is 26.8 Å². The Hall–Kier alpha value is -2.76. The highest BCUT2D eigenvalue weighted by molar-refractivity contribution is 5.95. The van der Waals surface area contributed by atoms with Crippen LogP contribution in [0.2, 0.25) is 0 Å². The quantitative estimate of drug-likeness (QED) is 0.621. The lowest BCUT2D eigenvalue weighted by Gasteiger charge is -2.29. The summed E-state index contributed by atoms with van der Waals surface area (Å²) >= 11 is 0. The molecule has 1 aliphatic rings. The van der Waals surface area contributed by atoms with Gasteiger partial charge >= 0.3 is 12.0 Å². The monoisotopic (exact) mass is 330 g/mol. The number of allylic oxidation sites excluding steroid dienone is 2. The lowest BCUT2D eigenvalue weighted by atomic mass is 9.95. The normalized spacial score (nSPS) is 17.5. The number of carbonyl (C=O) groups is 2. The molecular weight excluding hydrogens is 308 g/mol. The van der Waals surface area contributed by atoms with E-state index in [1.54, 1.807) is 19.1 Å². The first-order chi connectivity index (χ1) is 11.6. The number of carbonyl (C=O) groups excluding carboxylic acids is 2. The average Bonchev–Trinajstić information content (AvgIpc) is 2.55. The first-order valence-electron chi connectivity index (χ1n) is 7.86. The number of urea groups is 1. The van der Waals surface area contributed by atoms with Crippen molar-refractivity contribution in [3.8, 4) is 5.75 Å². The molecule has 0 fully saturated rings. The van der Waals surface area contributed by atoms with Crippen LogP contribution in [0, 0.1) is 0 Å². The molecule has 2 N–H and O–H groups in total. The van der Waals surface area contributed by atoms with E-state index in [1.165, 1.54) is 0 Å². The second-order valence-corrected chi connectivity index (χ2v) is 5.21. The van der Waals surface area contributed by atoms with E-state index in [1.807, 2.05) is 38.1 Å². The highest BCUT2D eigenvalue weighted by Crippen LogP contribution is 2.33. The van der Waals surface area contributed by atoms with Crippen LogP contribution in [0.5, 0.6) is 5.75 Å². The molecule has 0 radical (unpaired) electrons. The van der Waals surface area contributed by atoms with Crippen molar-refractivity contribution in [3.63, 3.8) is 0 Å². The van der Waals surface area contributed by atoms with E-state index >= 15 is 0 Å². The maximum absolute atomic E-state index is 12.5. The Morgan fingerprint density at radius 1 is 1.33 bits per heavy atom. The van der Waals surface area contributed by atoms with Crippen molar-refractivity contribution >= 4 is 12.0 Å². The molecule has 0 bridgehead atoms. The van der Waals surface area contributed by atoms with Crippen molar-refractivity contribution < 1.29 is 19.1 Å². The van der Waals surface area contributed by atoms with E-state index in [4.69, 9.17) is 9.47 Å². The van der Waals surface area contributed by atoms with Crippen LogP contribution in [-0.2, 0) is 9.53 Å². The molecule has 0 saturated heterocycles. The number of hydrogen-bond donors (Lipinski definition) is 2. The number of amides is 2. The Kier molecular flexibility index (Phi) is 6.01. The Bertz CT molecular complexity index is 679. The van der Waals surface area contributed by atoms with Crippen LogP contribution in [0.25, 0.3) is 0 Å². The van der Waals surface area contributed by atoms with Crippen molar-refractivity contribution in [2.24, 2.45) is 0 Å². The molecule has 6 nitrogen and oxygen atoms in total. The first kappa shape index (κ1) is 17.6. The molecule has 0 aromatic heterocycles. The van der Waals surface area contributed by atoms with Crippen LogP contribution in [0.1, 0.15) is 32.4 Å². The van der Waals surface area contributed by atoms with Crippen molar-refractivity contribution in [1.82, 2.24) is 10.6 Å². The summed E-state index contributed by atoms with van der Waals surface area (Å²) in [6, 6.07) is 6.33. The number of hydrogen-bond acceptors (Lipinski definition) is 4. The van der Waals surface area contributed by atoms with E-state index in [0.717, 1.165) is 0 Å². The van der Waals surface area contributed by atoms with Crippen molar-refractivity contribution in [3.05, 3.63) is 53.3 Å². The van der Waals surface area contributed by atoms with Gasteiger partial charge in [-0.2, -0.15) is 0 Å². The molecule has 6 heteroatoms. The smallest absolute Gasteiger partial charge is 0.338 e. The molecular formula is C18H22N2O4. The fraction of sp³-hybridized carbons (Fsp3) is 0.333. The van der Waals surface area contributed by atoms with Gasteiger partial charge < -0.3 is 20.1 Å². The van der Waals surface area contributed by atoms with Gasteiger partial charge in [0.1, 0.15) is 12.4 Å². The summed E-state index contributed by atoms with van der Waals surface area (Å²) in [4.78, 5) is 24.4. The van der Waals surface area contributed by atoms with Gasteiger partial charge in [0.2, 0.25) is 0 Å². The molecule has 1 aromatic carbocycles. The average molecular weight is 330 g/mol. The van der Waals surface area contributed by atoms with E-state index in [9.17, 15) is 9.59 Å². The topological polar surface area (TPSA) is 76.7 Å². The number of ether oxygens (including phenoxy) is 2. The molecule has 0 saturated carbocycles. The van der Waals surface area contributed by atoms with Crippen LogP contribution in [0.4, 0.5) is 4.79 Å². The van der Waals surface area contributed by atoms with Gasteiger partial charge in [-0.1, -0.05) is 30.4 Å². The maximum Gasteiger partial charge on any atom is 0.338 e. The van der Waals surface area contributed by atoms with Gasteiger partial charge in [-0.25, -0.2) is 9.59 Å². The molecule has 2 rings (SSSR count). The van der Waals surface area contributed by atoms with E-state index in [-0.39, 0.29) is 12.6 Å². The zero-order valence-electron chi connectivity index (χ0n) is 14.1. The fourth-order valence-corrected chi connectivity index (χ4v) is 2.50. The molecule has 1 aliphatic heterocycles. The predicted molar refractivity (Wildman–Crippen MR) is 90.5 cm³/mol. The van der Waals surface area contributed by atoms with E-state index in [2.05, 4.69) is 10.6 Å². The van der Waals surface area contributed by atoms with Gasteiger partial charge in [-0.15, -0.1) is 0 Å². The van der Waals surface area contributed by atoms with Gasteiger partial charge in [-0.3, -0.25) is 0 Å². The third-order valence-electron chi connectivity index (χ3n) is 3.57. The highest BCUT2D eigenvalue weighted by atomic mass is 16.5. The van der Waals surface area contributed by atoms with Crippen LogP contribution >= 0.6 is 0 Å². The van der Waals surface area contributed by atoms with Gasteiger partial charge in [0.15, 0.2) is 0 Å². The van der Waals surface area contributed by atoms with Crippen LogP contribution in [0.3, 0.4) is 0 Å². The van der Waals surface area contributed by atoms with E-state index in [0.29, 0.717) is 29.2 Å². The zero-order chi connectivity index (χ0) is 17.5. The summed E-state index contributed by atoms with van der Waals surface area (Å²) in [5, 5.41) is 5.40. The fourth-order valence-electron chi connectivity index (χ4n) is 2.50. The Labute approximate surface area is 141 Å². The molecule has 128 valence electrons. The molecule has 1 atom stereocenters. The lowest BCUT2D eigenvalue weighted by molar-refractivity contribution is -0.138. The van der Waals surface area contributed by atoms with Gasteiger partial charge in [0.05, 0.1) is 18.2 Å². The van der Waals surface area contributed by atoms with Crippen LogP contribution < -0.4 is 15.4 Å². The van der Waals surface area contributed by atoms with Gasteiger partial charge in [-0.05, 0) is 26.8 Å². The maximum atomic E-state index is 12.5. The van der Waals surface area contributed by atoms with Crippen LogP contribution in [0.15, 0.2) is 47.7 Å². The molecule has 24 heavy (non-hydrogen) atoms. The standard InChI is InChI=1S/C18H22N2O4/c1-4-6-11-24-17(21)15-12(3)19-18(22)20-16(15)13-9-7-8-10-14(13)23-5-2/h4,6-10,16H,5,11H2,1-3H3,(H2,19,20,22)/b6-4+/t16-/m0/s1. The molecule has 0 spiro atoms. The van der Waals surface area contributed by atoms with Crippen molar-refractivity contribution in [1.29, 1.82) is 0 Å². The zero-order valence-corrected chi connectivity index (χ0v) is 14.1. The Morgan fingerprint density at radius 2 is 2.08 bits per heavy atom. The Morgan fingerprint density at radius 3 is 2.79 bits per heavy atom. The third kappa shape index (κ3) is 3.95. The summed E-state index contributed by atoms with van der Waals surface area (Å²) in [6.07, 6.45) is 3.54. The lowest BCUT2D eigenvalue weighted by Crippen LogP contribution is -2.45. The summed E-state index contributed by atoms with van der Waals surface area (Å²) in [6.45, 7) is 6.08. The summed E-state index contributed by atoms with van der Waals surface area (Å²) in [5.41, 5.74) is 1.55. The van der Waals surface area contributed by atoms with E-state index < -0.39 is 12.0 Å². The number of benzene rings is 1. The number of rotatable bonds is 6. The summed E-state index contributed by atoms with van der Waals surface area (Å²) in [7, 11) is 0. The highest BCUT2D eigenvalue weighted by Gasteiger charge is 2.33. The minimum Gasteiger partial charge on any atom is -0.494 e. The minimum atomic E-state index is -0.625. The number of nitrogens with one attached hydrogen (secondary N) is 2. The molecule has 1 aromatic rings. The van der Waals surface area contributed by atoms with Crippen molar-refractivity contribution in [2.75, 3.05) is 13.2 Å². The molecule has 1 heterocycles. The second kappa shape index (κ2) is 8.19. The molecule has 0 aliphatic carbocycles. The number of esters is 1. The molecule has 2 amide bonds. The largest absolute Gasteiger partial charge is 0.494 e. The third-order valence-corrected chi connectivity index (χ3v) is 3.57. The minimum absolute atomic E-state index is 0.180. The SMILES string of the molecule is C/C=C/COC(=O)C1=C(C)NC(=O)N[C@H]1c1ccccc1OCC. The van der Waals surface area contributed by atoms with Gasteiger partial charge in [0, 0.05) is 11.3 Å². The van der Waals surface area contributed by atoms with Gasteiger partial charge in [0.25, 0.3) is 0 Å². The number of para-hydroxylation sites is 1. The molecule has 0 unspecified atom stereocenters. The predicted octanol–water partition coefficient (Wildman–Crippen LogP) is 2.83. The Balaban J connectivity index is 2.40. The van der Waals surface area contributed by atoms with Crippen LogP contribution in [-0.4, -0.2) is 25.2 Å².